The van der Waals surface area contributed by atoms with Crippen LogP contribution in [0.25, 0.3) is 0 Å². The van der Waals surface area contributed by atoms with Gasteiger partial charge < -0.3 is 15.1 Å². The molecule has 0 aromatic carbocycles. The van der Waals surface area contributed by atoms with Crippen LogP contribution in [0.1, 0.15) is 19.8 Å². The van der Waals surface area contributed by atoms with Crippen LogP contribution in [0.2, 0.25) is 0 Å². The lowest BCUT2D eigenvalue weighted by atomic mass is 10.3. The van der Waals surface area contributed by atoms with Gasteiger partial charge in [0.15, 0.2) is 0 Å². The minimum atomic E-state index is -0.792. The zero-order valence-electron chi connectivity index (χ0n) is 9.09. The van der Waals surface area contributed by atoms with Crippen molar-refractivity contribution >= 4 is 5.97 Å². The van der Waals surface area contributed by atoms with Gasteiger partial charge in [0.05, 0.1) is 0 Å². The summed E-state index contributed by atoms with van der Waals surface area (Å²) in [6.45, 7) is 3.18. The maximum absolute atomic E-state index is 10.2. The van der Waals surface area contributed by atoms with Crippen molar-refractivity contribution in [2.24, 2.45) is 0 Å². The van der Waals surface area contributed by atoms with Crippen molar-refractivity contribution in [3.05, 3.63) is 24.4 Å². The van der Waals surface area contributed by atoms with Gasteiger partial charge in [-0.3, -0.25) is 4.79 Å². The van der Waals surface area contributed by atoms with E-state index in [0.717, 1.165) is 12.8 Å². The molecule has 0 radical (unpaired) electrons. The van der Waals surface area contributed by atoms with Crippen LogP contribution in [0.3, 0.4) is 0 Å². The Morgan fingerprint density at radius 3 is 2.53 bits per heavy atom. The minimum Gasteiger partial charge on any atom is -0.480 e. The van der Waals surface area contributed by atoms with E-state index in [-0.39, 0.29) is 6.54 Å². The number of hydrogen-bond donors (Lipinski definition) is 2. The highest BCUT2D eigenvalue weighted by molar-refractivity contribution is 5.69. The van der Waals surface area contributed by atoms with E-state index < -0.39 is 5.97 Å². The summed E-state index contributed by atoms with van der Waals surface area (Å²) in [5, 5.41) is 16.4. The molecule has 0 aliphatic carbocycles. The van der Waals surface area contributed by atoms with Gasteiger partial charge in [-0.1, -0.05) is 25.5 Å². The summed E-state index contributed by atoms with van der Waals surface area (Å²) in [7, 11) is 0. The quantitative estimate of drug-likeness (QED) is 0.737. The molecule has 4 nitrogen and oxygen atoms in total. The van der Waals surface area contributed by atoms with Crippen LogP contribution in [0, 0.1) is 0 Å². The Bertz CT molecular complexity index is 222. The second kappa shape index (κ2) is 9.27. The highest BCUT2D eigenvalue weighted by atomic mass is 16.4. The summed E-state index contributed by atoms with van der Waals surface area (Å²) >= 11 is 0. The van der Waals surface area contributed by atoms with E-state index in [4.69, 9.17) is 10.2 Å². The highest BCUT2D eigenvalue weighted by Crippen LogP contribution is 1.96. The van der Waals surface area contributed by atoms with Gasteiger partial charge in [0.25, 0.3) is 0 Å². The van der Waals surface area contributed by atoms with Crippen LogP contribution >= 0.6 is 0 Å². The molecule has 0 bridgehead atoms. The molecule has 0 saturated carbocycles. The number of aliphatic hydroxyl groups excluding tert-OH is 1. The largest absolute Gasteiger partial charge is 0.480 e. The first-order chi connectivity index (χ1) is 7.20. The molecule has 1 aliphatic rings. The lowest BCUT2D eigenvalue weighted by Crippen LogP contribution is -2.25. The van der Waals surface area contributed by atoms with E-state index in [1.165, 1.54) is 0 Å². The molecule has 0 aromatic heterocycles. The normalized spacial score (nSPS) is 13.3. The van der Waals surface area contributed by atoms with E-state index in [1.807, 2.05) is 18.2 Å². The lowest BCUT2D eigenvalue weighted by molar-refractivity contribution is -0.137. The molecule has 1 heterocycles. The average Bonchev–Trinajstić information content (AvgIpc) is 2.20. The third kappa shape index (κ3) is 9.02. The number of carboxylic acid groups (broad SMARTS) is 1. The van der Waals surface area contributed by atoms with Gasteiger partial charge in [-0.15, -0.1) is 0 Å². The third-order valence-corrected chi connectivity index (χ3v) is 1.73. The summed E-state index contributed by atoms with van der Waals surface area (Å²) in [6.07, 6.45) is 9.46. The van der Waals surface area contributed by atoms with Gasteiger partial charge in [-0.2, -0.15) is 0 Å². The van der Waals surface area contributed by atoms with Crippen molar-refractivity contribution in [1.29, 1.82) is 0 Å². The molecule has 1 aliphatic heterocycles. The molecule has 2 N–H and O–H groups in total. The van der Waals surface area contributed by atoms with Gasteiger partial charge >= 0.3 is 5.97 Å². The van der Waals surface area contributed by atoms with Crippen molar-refractivity contribution in [3.8, 4) is 0 Å². The Hall–Kier alpha value is -1.29. The maximum Gasteiger partial charge on any atom is 0.323 e. The molecule has 86 valence electrons. The van der Waals surface area contributed by atoms with Crippen molar-refractivity contribution in [2.75, 3.05) is 19.7 Å². The predicted octanol–water partition coefficient (Wildman–Crippen LogP) is 1.24. The monoisotopic (exact) mass is 213 g/mol. The van der Waals surface area contributed by atoms with Gasteiger partial charge in [0.2, 0.25) is 0 Å². The number of hydrogen-bond acceptors (Lipinski definition) is 3. The zero-order chi connectivity index (χ0) is 11.5. The fourth-order valence-electron chi connectivity index (χ4n) is 0.956. The molecule has 1 rings (SSSR count). The average molecular weight is 213 g/mol. The number of aliphatic hydroxyl groups is 1. The Labute approximate surface area is 90.5 Å². The first kappa shape index (κ1) is 13.7. The number of carbonyl (C=O) groups is 1. The van der Waals surface area contributed by atoms with Crippen LogP contribution in [-0.2, 0) is 4.79 Å². The molecular weight excluding hydrogens is 194 g/mol. The van der Waals surface area contributed by atoms with E-state index in [9.17, 15) is 4.79 Å². The zero-order valence-corrected chi connectivity index (χ0v) is 9.09. The maximum atomic E-state index is 10.2. The number of aliphatic carboxylic acids is 1. The van der Waals surface area contributed by atoms with Crippen molar-refractivity contribution in [3.63, 3.8) is 0 Å². The SMILES string of the molecule is CCCCO.O=C(O)CN1C=CC=CC1. The van der Waals surface area contributed by atoms with E-state index in [1.54, 1.807) is 11.1 Å². The Kier molecular flexibility index (Phi) is 8.47. The first-order valence-electron chi connectivity index (χ1n) is 5.10. The van der Waals surface area contributed by atoms with Crippen LogP contribution in [-0.4, -0.2) is 40.8 Å². The number of rotatable bonds is 4. The summed E-state index contributed by atoms with van der Waals surface area (Å²) < 4.78 is 0. The van der Waals surface area contributed by atoms with Gasteiger partial charge in [0, 0.05) is 13.2 Å². The van der Waals surface area contributed by atoms with Crippen molar-refractivity contribution in [2.45, 2.75) is 19.8 Å². The minimum absolute atomic E-state index is 0.0842. The molecule has 0 unspecified atom stereocenters. The number of unbranched alkanes of at least 4 members (excludes halogenated alkanes) is 1. The van der Waals surface area contributed by atoms with Crippen molar-refractivity contribution in [1.82, 2.24) is 4.90 Å². The van der Waals surface area contributed by atoms with E-state index >= 15 is 0 Å². The van der Waals surface area contributed by atoms with E-state index in [0.29, 0.717) is 13.2 Å². The van der Waals surface area contributed by atoms with Crippen LogP contribution < -0.4 is 0 Å². The molecule has 4 heteroatoms. The predicted molar refractivity (Wildman–Crippen MR) is 59.5 cm³/mol. The van der Waals surface area contributed by atoms with Gasteiger partial charge in [0.1, 0.15) is 6.54 Å². The number of nitrogens with zero attached hydrogens (tertiary/aromatic N) is 1. The molecule has 0 aromatic rings. The van der Waals surface area contributed by atoms with Gasteiger partial charge in [-0.05, 0) is 18.7 Å². The molecule has 0 saturated heterocycles. The molecule has 0 atom stereocenters. The van der Waals surface area contributed by atoms with E-state index in [2.05, 4.69) is 6.92 Å². The summed E-state index contributed by atoms with van der Waals surface area (Å²) in [6, 6.07) is 0. The number of allylic oxidation sites excluding steroid dienone is 2. The molecular formula is C11H19NO3. The Morgan fingerprint density at radius 2 is 2.20 bits per heavy atom. The lowest BCUT2D eigenvalue weighted by Gasteiger charge is -2.16. The summed E-state index contributed by atoms with van der Waals surface area (Å²) in [5.41, 5.74) is 0. The Morgan fingerprint density at radius 1 is 1.47 bits per heavy atom. The molecule has 15 heavy (non-hydrogen) atoms. The molecule has 0 fully saturated rings. The first-order valence-corrected chi connectivity index (χ1v) is 5.10. The third-order valence-electron chi connectivity index (χ3n) is 1.73. The standard InChI is InChI=1S/C7H9NO2.C4H10O/c9-7(10)6-8-4-2-1-3-5-8;1-2-3-4-5/h1-4H,5-6H2,(H,9,10);5H,2-4H2,1H3. The number of carboxylic acids is 1. The summed E-state index contributed by atoms with van der Waals surface area (Å²) in [5.74, 6) is -0.792. The second-order valence-electron chi connectivity index (χ2n) is 3.17. The summed E-state index contributed by atoms with van der Waals surface area (Å²) in [4.78, 5) is 11.9. The fourth-order valence-corrected chi connectivity index (χ4v) is 0.956. The smallest absolute Gasteiger partial charge is 0.323 e. The topological polar surface area (TPSA) is 60.8 Å². The van der Waals surface area contributed by atoms with Gasteiger partial charge in [-0.25, -0.2) is 0 Å². The van der Waals surface area contributed by atoms with Crippen LogP contribution in [0.5, 0.6) is 0 Å². The van der Waals surface area contributed by atoms with Crippen LogP contribution in [0.15, 0.2) is 24.4 Å². The van der Waals surface area contributed by atoms with Crippen LogP contribution in [0.4, 0.5) is 0 Å². The fraction of sp³-hybridized carbons (Fsp3) is 0.545. The Balaban J connectivity index is 0.000000336. The highest BCUT2D eigenvalue weighted by Gasteiger charge is 2.03. The van der Waals surface area contributed by atoms with Crippen molar-refractivity contribution < 1.29 is 15.0 Å². The molecule has 0 spiro atoms. The second-order valence-corrected chi connectivity index (χ2v) is 3.17. The molecule has 0 amide bonds.